The van der Waals surface area contributed by atoms with Crippen LogP contribution in [0.2, 0.25) is 0 Å². The molecule has 1 unspecified atom stereocenters. The Morgan fingerprint density at radius 2 is 1.89 bits per heavy atom. The van der Waals surface area contributed by atoms with Gasteiger partial charge in [0.05, 0.1) is 25.3 Å². The second-order valence-corrected chi connectivity index (χ2v) is 8.37. The number of aliphatic hydroxyl groups is 1. The summed E-state index contributed by atoms with van der Waals surface area (Å²) in [6.45, 7) is 1.07. The minimum Gasteiger partial charge on any atom is -0.482 e. The third kappa shape index (κ3) is 7.97. The number of rotatable bonds is 10. The fourth-order valence-electron chi connectivity index (χ4n) is 3.90. The number of benzene rings is 2. The van der Waals surface area contributed by atoms with E-state index in [1.807, 2.05) is 11.1 Å². The first-order chi connectivity index (χ1) is 16.7. The van der Waals surface area contributed by atoms with Crippen molar-refractivity contribution in [3.63, 3.8) is 0 Å². The highest BCUT2D eigenvalue weighted by Crippen LogP contribution is 2.30. The van der Waals surface area contributed by atoms with E-state index in [9.17, 15) is 27.9 Å². The summed E-state index contributed by atoms with van der Waals surface area (Å²) in [4.78, 5) is 23.9. The molecule has 1 amide bonds. The Morgan fingerprint density at radius 3 is 2.63 bits per heavy atom. The lowest BCUT2D eigenvalue weighted by atomic mass is 10.0. The average Bonchev–Trinajstić information content (AvgIpc) is 2.83. The molecule has 10 heteroatoms. The molecule has 0 bridgehead atoms. The van der Waals surface area contributed by atoms with Gasteiger partial charge in [-0.05, 0) is 48.6 Å². The Balaban J connectivity index is 1.59. The van der Waals surface area contributed by atoms with E-state index >= 15 is 0 Å². The topological polar surface area (TPSA) is 79.3 Å². The molecule has 35 heavy (non-hydrogen) atoms. The van der Waals surface area contributed by atoms with Crippen LogP contribution < -0.4 is 4.74 Å². The van der Waals surface area contributed by atoms with Crippen molar-refractivity contribution in [2.75, 3.05) is 26.8 Å². The van der Waals surface area contributed by atoms with Crippen LogP contribution in [0.25, 0.3) is 0 Å². The van der Waals surface area contributed by atoms with E-state index in [4.69, 9.17) is 4.74 Å². The number of hydrogen-bond donors (Lipinski definition) is 1. The van der Waals surface area contributed by atoms with Gasteiger partial charge in [-0.25, -0.2) is 9.80 Å². The second kappa shape index (κ2) is 12.0. The van der Waals surface area contributed by atoms with Crippen molar-refractivity contribution in [1.82, 2.24) is 10.0 Å². The van der Waals surface area contributed by atoms with Crippen LogP contribution in [-0.2, 0) is 33.5 Å². The third-order valence-electron chi connectivity index (χ3n) is 5.70. The molecule has 1 heterocycles. The highest BCUT2D eigenvalue weighted by atomic mass is 19.4. The van der Waals surface area contributed by atoms with Gasteiger partial charge in [0, 0.05) is 19.5 Å². The number of hydrazine groups is 1. The SMILES string of the molecule is COC(=O)COc1cccc(CN2C(=O)CCCN2CCC(O)Cc2cccc(C(F)(F)F)c2)c1. The molecule has 0 aromatic heterocycles. The molecule has 0 saturated carbocycles. The first-order valence-corrected chi connectivity index (χ1v) is 11.3. The molecule has 1 N–H and O–H groups in total. The summed E-state index contributed by atoms with van der Waals surface area (Å²) in [7, 11) is 1.27. The number of carbonyl (C=O) groups is 2. The summed E-state index contributed by atoms with van der Waals surface area (Å²) in [5.41, 5.74) is 0.465. The number of esters is 1. The van der Waals surface area contributed by atoms with Crippen LogP contribution in [0.15, 0.2) is 48.5 Å². The fraction of sp³-hybridized carbons (Fsp3) is 0.440. The number of hydrogen-bond acceptors (Lipinski definition) is 6. The quantitative estimate of drug-likeness (QED) is 0.509. The summed E-state index contributed by atoms with van der Waals surface area (Å²) >= 11 is 0. The maximum Gasteiger partial charge on any atom is 0.416 e. The van der Waals surface area contributed by atoms with Crippen LogP contribution in [0, 0.1) is 0 Å². The van der Waals surface area contributed by atoms with Gasteiger partial charge < -0.3 is 14.6 Å². The van der Waals surface area contributed by atoms with Gasteiger partial charge in [-0.3, -0.25) is 9.80 Å². The molecule has 3 rings (SSSR count). The van der Waals surface area contributed by atoms with Crippen molar-refractivity contribution in [3.8, 4) is 5.75 Å². The van der Waals surface area contributed by atoms with Gasteiger partial charge >= 0.3 is 12.1 Å². The van der Waals surface area contributed by atoms with E-state index in [0.29, 0.717) is 43.7 Å². The summed E-state index contributed by atoms with van der Waals surface area (Å²) in [6.07, 6.45) is -3.82. The Morgan fingerprint density at radius 1 is 1.14 bits per heavy atom. The molecule has 1 saturated heterocycles. The van der Waals surface area contributed by atoms with E-state index in [2.05, 4.69) is 4.74 Å². The van der Waals surface area contributed by atoms with E-state index in [0.717, 1.165) is 17.7 Å². The summed E-state index contributed by atoms with van der Waals surface area (Å²) in [5, 5.41) is 14.0. The van der Waals surface area contributed by atoms with Crippen molar-refractivity contribution in [3.05, 3.63) is 65.2 Å². The number of aliphatic hydroxyl groups excluding tert-OH is 1. The van der Waals surface area contributed by atoms with Crippen molar-refractivity contribution >= 4 is 11.9 Å². The Hall–Kier alpha value is -3.11. The van der Waals surface area contributed by atoms with Crippen LogP contribution in [0.3, 0.4) is 0 Å². The molecule has 0 radical (unpaired) electrons. The van der Waals surface area contributed by atoms with Gasteiger partial charge in [-0.2, -0.15) is 13.2 Å². The number of nitrogens with zero attached hydrogens (tertiary/aromatic N) is 2. The number of halogens is 3. The molecule has 0 spiro atoms. The Labute approximate surface area is 202 Å². The Bertz CT molecular complexity index is 1010. The van der Waals surface area contributed by atoms with Gasteiger partial charge in [0.25, 0.3) is 0 Å². The maximum absolute atomic E-state index is 12.9. The van der Waals surface area contributed by atoms with Gasteiger partial charge in [0.1, 0.15) is 5.75 Å². The first-order valence-electron chi connectivity index (χ1n) is 11.3. The molecule has 1 atom stereocenters. The van der Waals surface area contributed by atoms with Crippen LogP contribution in [-0.4, -0.2) is 59.9 Å². The molecule has 7 nitrogen and oxygen atoms in total. The third-order valence-corrected chi connectivity index (χ3v) is 5.70. The van der Waals surface area contributed by atoms with Gasteiger partial charge in [-0.1, -0.05) is 30.3 Å². The van der Waals surface area contributed by atoms with Crippen LogP contribution in [0.4, 0.5) is 13.2 Å². The van der Waals surface area contributed by atoms with Crippen LogP contribution in [0.5, 0.6) is 5.75 Å². The van der Waals surface area contributed by atoms with Gasteiger partial charge in [0.15, 0.2) is 6.61 Å². The minimum absolute atomic E-state index is 0.0514. The molecule has 1 aliphatic rings. The fourth-order valence-corrected chi connectivity index (χ4v) is 3.90. The maximum atomic E-state index is 12.9. The molecule has 1 aliphatic heterocycles. The molecular weight excluding hydrogens is 465 g/mol. The second-order valence-electron chi connectivity index (χ2n) is 8.37. The van der Waals surface area contributed by atoms with E-state index < -0.39 is 23.8 Å². The highest BCUT2D eigenvalue weighted by Gasteiger charge is 2.30. The number of methoxy groups -OCH3 is 1. The molecule has 2 aromatic carbocycles. The van der Waals surface area contributed by atoms with E-state index in [1.165, 1.54) is 13.2 Å². The smallest absolute Gasteiger partial charge is 0.416 e. The van der Waals surface area contributed by atoms with Gasteiger partial charge in [0.2, 0.25) is 5.91 Å². The van der Waals surface area contributed by atoms with E-state index in [-0.39, 0.29) is 25.5 Å². The lowest BCUT2D eigenvalue weighted by Gasteiger charge is -2.39. The molecule has 1 fully saturated rings. The predicted octanol–water partition coefficient (Wildman–Crippen LogP) is 3.59. The minimum atomic E-state index is -4.43. The van der Waals surface area contributed by atoms with Crippen molar-refractivity contribution in [1.29, 1.82) is 0 Å². The molecule has 2 aromatic rings. The van der Waals surface area contributed by atoms with Crippen molar-refractivity contribution in [2.45, 2.75) is 44.5 Å². The first kappa shape index (κ1) is 26.5. The summed E-state index contributed by atoms with van der Waals surface area (Å²) < 4.78 is 48.8. The number of carbonyl (C=O) groups excluding carboxylic acids is 2. The predicted molar refractivity (Wildman–Crippen MR) is 121 cm³/mol. The normalized spacial score (nSPS) is 15.7. The summed E-state index contributed by atoms with van der Waals surface area (Å²) in [5.74, 6) is -0.0820. The summed E-state index contributed by atoms with van der Waals surface area (Å²) in [6, 6.07) is 12.0. The lowest BCUT2D eigenvalue weighted by Crippen LogP contribution is -2.50. The van der Waals surface area contributed by atoms with Crippen LogP contribution in [0.1, 0.15) is 36.0 Å². The molecule has 0 aliphatic carbocycles. The lowest BCUT2D eigenvalue weighted by molar-refractivity contribution is -0.158. The van der Waals surface area contributed by atoms with Gasteiger partial charge in [-0.15, -0.1) is 0 Å². The standard InChI is InChI=1S/C25H29F3N2O5/c1-34-24(33)17-35-22-8-3-6-19(15-22)16-30-23(32)9-4-11-29(30)12-10-21(31)14-18-5-2-7-20(13-18)25(26,27)28/h2-3,5-8,13,15,21,31H,4,9-12,14,16-17H2,1H3. The zero-order valence-electron chi connectivity index (χ0n) is 19.5. The largest absolute Gasteiger partial charge is 0.482 e. The number of ether oxygens (including phenoxy) is 2. The van der Waals surface area contributed by atoms with E-state index in [1.54, 1.807) is 29.3 Å². The average molecular weight is 495 g/mol. The highest BCUT2D eigenvalue weighted by molar-refractivity contribution is 5.76. The number of alkyl halides is 3. The molecular formula is C25H29F3N2O5. The number of amides is 1. The zero-order valence-corrected chi connectivity index (χ0v) is 19.5. The van der Waals surface area contributed by atoms with Crippen LogP contribution >= 0.6 is 0 Å². The molecule has 190 valence electrons. The Kier molecular flexibility index (Phi) is 9.11. The zero-order chi connectivity index (χ0) is 25.4. The van der Waals surface area contributed by atoms with Crippen molar-refractivity contribution < 1.29 is 37.3 Å². The monoisotopic (exact) mass is 494 g/mol. The van der Waals surface area contributed by atoms with Crippen molar-refractivity contribution in [2.24, 2.45) is 0 Å².